The Balaban J connectivity index is 1.80. The number of rotatable bonds is 5. The summed E-state index contributed by atoms with van der Waals surface area (Å²) in [5, 5.41) is 1.19. The molecule has 4 nitrogen and oxygen atoms in total. The fraction of sp³-hybridized carbons (Fsp3) is 0.556. The molecule has 1 aliphatic heterocycles. The normalized spacial score (nSPS) is 18.5. The highest BCUT2D eigenvalue weighted by atomic mass is 15.2. The summed E-state index contributed by atoms with van der Waals surface area (Å²) in [6.07, 6.45) is 2.96. The fourth-order valence-corrected chi connectivity index (χ4v) is 3.43. The first-order chi connectivity index (χ1) is 10.7. The van der Waals surface area contributed by atoms with Crippen molar-refractivity contribution in [3.8, 4) is 0 Å². The van der Waals surface area contributed by atoms with E-state index in [1.807, 2.05) is 0 Å². The molecule has 4 heteroatoms. The highest BCUT2D eigenvalue weighted by Crippen LogP contribution is 2.28. The van der Waals surface area contributed by atoms with Crippen molar-refractivity contribution < 1.29 is 0 Å². The predicted molar refractivity (Wildman–Crippen MR) is 92.4 cm³/mol. The largest absolute Gasteiger partial charge is 0.356 e. The Hall–Kier alpha value is -1.68. The molecule has 1 atom stereocenters. The Morgan fingerprint density at radius 2 is 2.05 bits per heavy atom. The van der Waals surface area contributed by atoms with Crippen LogP contribution in [0.2, 0.25) is 0 Å². The van der Waals surface area contributed by atoms with E-state index >= 15 is 0 Å². The monoisotopic (exact) mass is 298 g/mol. The lowest BCUT2D eigenvalue weighted by molar-refractivity contribution is 0.261. The minimum Gasteiger partial charge on any atom is -0.356 e. The van der Waals surface area contributed by atoms with Crippen molar-refractivity contribution in [1.29, 1.82) is 0 Å². The van der Waals surface area contributed by atoms with Crippen LogP contribution in [0.3, 0.4) is 0 Å². The highest BCUT2D eigenvalue weighted by molar-refractivity contribution is 5.89. The Labute approximate surface area is 133 Å². The van der Waals surface area contributed by atoms with Crippen LogP contribution in [-0.2, 0) is 0 Å². The molecular formula is C18H26N4. The first-order valence-corrected chi connectivity index (χ1v) is 8.40. The molecule has 1 aliphatic rings. The molecule has 22 heavy (non-hydrogen) atoms. The molecule has 1 fully saturated rings. The molecule has 1 aromatic heterocycles. The van der Waals surface area contributed by atoms with E-state index in [-0.39, 0.29) is 0 Å². The summed E-state index contributed by atoms with van der Waals surface area (Å²) in [5.41, 5.74) is 2.31. The standard InChI is InChI=1S/C18H26N4/c1-4-21(5-2)11-15-8-9-22(12-15)18-16-10-14(3)6-7-17(16)19-13-20-18/h6-7,10,13,15H,4-5,8-9,11-12H2,1-3H3. The first-order valence-electron chi connectivity index (χ1n) is 8.40. The van der Waals surface area contributed by atoms with Gasteiger partial charge in [-0.1, -0.05) is 25.5 Å². The van der Waals surface area contributed by atoms with Gasteiger partial charge in [0.2, 0.25) is 0 Å². The van der Waals surface area contributed by atoms with Crippen LogP contribution < -0.4 is 4.90 Å². The van der Waals surface area contributed by atoms with Crippen LogP contribution in [0.5, 0.6) is 0 Å². The lowest BCUT2D eigenvalue weighted by Gasteiger charge is -2.23. The Bertz CT molecular complexity index is 636. The third-order valence-electron chi connectivity index (χ3n) is 4.77. The second-order valence-corrected chi connectivity index (χ2v) is 6.30. The molecule has 118 valence electrons. The lowest BCUT2D eigenvalue weighted by Crippen LogP contribution is -2.31. The second-order valence-electron chi connectivity index (χ2n) is 6.30. The topological polar surface area (TPSA) is 32.3 Å². The third-order valence-corrected chi connectivity index (χ3v) is 4.77. The van der Waals surface area contributed by atoms with E-state index in [9.17, 15) is 0 Å². The summed E-state index contributed by atoms with van der Waals surface area (Å²) in [6.45, 7) is 12.3. The van der Waals surface area contributed by atoms with E-state index in [1.165, 1.54) is 23.9 Å². The van der Waals surface area contributed by atoms with Gasteiger partial charge in [0.05, 0.1) is 5.52 Å². The van der Waals surface area contributed by atoms with Crippen LogP contribution in [-0.4, -0.2) is 47.6 Å². The number of aromatic nitrogens is 2. The molecule has 0 spiro atoms. The average Bonchev–Trinajstić information content (AvgIpc) is 3.00. The Morgan fingerprint density at radius 1 is 1.23 bits per heavy atom. The van der Waals surface area contributed by atoms with Crippen molar-refractivity contribution in [1.82, 2.24) is 14.9 Å². The van der Waals surface area contributed by atoms with Crippen LogP contribution in [0.25, 0.3) is 10.9 Å². The summed E-state index contributed by atoms with van der Waals surface area (Å²) in [4.78, 5) is 14.0. The van der Waals surface area contributed by atoms with Gasteiger partial charge in [-0.2, -0.15) is 0 Å². The molecule has 0 radical (unpaired) electrons. The molecule has 0 amide bonds. The minimum atomic E-state index is 0.745. The molecule has 2 heterocycles. The van der Waals surface area contributed by atoms with Crippen LogP contribution >= 0.6 is 0 Å². The number of aryl methyl sites for hydroxylation is 1. The highest BCUT2D eigenvalue weighted by Gasteiger charge is 2.25. The van der Waals surface area contributed by atoms with Crippen LogP contribution in [0, 0.1) is 12.8 Å². The van der Waals surface area contributed by atoms with Gasteiger partial charge < -0.3 is 9.80 Å². The molecule has 0 saturated carbocycles. The number of hydrogen-bond acceptors (Lipinski definition) is 4. The number of hydrogen-bond donors (Lipinski definition) is 0. The number of benzene rings is 1. The Kier molecular flexibility index (Phi) is 4.57. The van der Waals surface area contributed by atoms with Gasteiger partial charge in [-0.3, -0.25) is 0 Å². The van der Waals surface area contributed by atoms with E-state index in [0.29, 0.717) is 0 Å². The van der Waals surface area contributed by atoms with Crippen molar-refractivity contribution in [2.45, 2.75) is 27.2 Å². The summed E-state index contributed by atoms with van der Waals surface area (Å²) < 4.78 is 0. The zero-order chi connectivity index (χ0) is 15.5. The SMILES string of the molecule is CCN(CC)CC1CCN(c2ncnc3ccc(C)cc23)C1. The molecule has 0 bridgehead atoms. The van der Waals surface area contributed by atoms with Crippen LogP contribution in [0.1, 0.15) is 25.8 Å². The molecule has 0 aliphatic carbocycles. The van der Waals surface area contributed by atoms with E-state index in [2.05, 4.69) is 58.7 Å². The average molecular weight is 298 g/mol. The molecule has 1 saturated heterocycles. The first kappa shape index (κ1) is 15.2. The molecule has 1 aromatic carbocycles. The van der Waals surface area contributed by atoms with Gasteiger partial charge in [-0.15, -0.1) is 0 Å². The van der Waals surface area contributed by atoms with E-state index in [0.717, 1.165) is 43.4 Å². The number of fused-ring (bicyclic) bond motifs is 1. The van der Waals surface area contributed by atoms with Crippen LogP contribution in [0.4, 0.5) is 5.82 Å². The molecular weight excluding hydrogens is 272 g/mol. The maximum atomic E-state index is 4.59. The summed E-state index contributed by atoms with van der Waals surface area (Å²) >= 11 is 0. The predicted octanol–water partition coefficient (Wildman–Crippen LogP) is 3.11. The van der Waals surface area contributed by atoms with Gasteiger partial charge in [-0.05, 0) is 44.5 Å². The number of nitrogens with zero attached hydrogens (tertiary/aromatic N) is 4. The van der Waals surface area contributed by atoms with Crippen molar-refractivity contribution in [2.75, 3.05) is 37.6 Å². The molecule has 2 aromatic rings. The smallest absolute Gasteiger partial charge is 0.139 e. The van der Waals surface area contributed by atoms with Crippen LogP contribution in [0.15, 0.2) is 24.5 Å². The molecule has 1 unspecified atom stereocenters. The van der Waals surface area contributed by atoms with E-state index in [4.69, 9.17) is 0 Å². The second kappa shape index (κ2) is 6.61. The maximum Gasteiger partial charge on any atom is 0.139 e. The van der Waals surface area contributed by atoms with Crippen molar-refractivity contribution >= 4 is 16.7 Å². The third kappa shape index (κ3) is 3.07. The quantitative estimate of drug-likeness (QED) is 0.849. The van der Waals surface area contributed by atoms with Gasteiger partial charge in [0, 0.05) is 25.0 Å². The van der Waals surface area contributed by atoms with Gasteiger partial charge in [0.25, 0.3) is 0 Å². The van der Waals surface area contributed by atoms with Gasteiger partial charge in [-0.25, -0.2) is 9.97 Å². The summed E-state index contributed by atoms with van der Waals surface area (Å²) in [5.74, 6) is 1.85. The van der Waals surface area contributed by atoms with E-state index in [1.54, 1.807) is 6.33 Å². The minimum absolute atomic E-state index is 0.745. The van der Waals surface area contributed by atoms with E-state index < -0.39 is 0 Å². The summed E-state index contributed by atoms with van der Waals surface area (Å²) in [7, 11) is 0. The molecule has 0 N–H and O–H groups in total. The van der Waals surface area contributed by atoms with Gasteiger partial charge in [0.15, 0.2) is 0 Å². The fourth-order valence-electron chi connectivity index (χ4n) is 3.43. The maximum absolute atomic E-state index is 4.59. The zero-order valence-electron chi connectivity index (χ0n) is 13.9. The van der Waals surface area contributed by atoms with Crippen molar-refractivity contribution in [3.05, 3.63) is 30.1 Å². The zero-order valence-corrected chi connectivity index (χ0v) is 13.9. The van der Waals surface area contributed by atoms with Crippen molar-refractivity contribution in [3.63, 3.8) is 0 Å². The molecule has 3 rings (SSSR count). The van der Waals surface area contributed by atoms with Crippen molar-refractivity contribution in [2.24, 2.45) is 5.92 Å². The Morgan fingerprint density at radius 3 is 2.82 bits per heavy atom. The summed E-state index contributed by atoms with van der Waals surface area (Å²) in [6, 6.07) is 6.42. The number of anilines is 1. The van der Waals surface area contributed by atoms with Gasteiger partial charge in [0.1, 0.15) is 12.1 Å². The lowest BCUT2D eigenvalue weighted by atomic mass is 10.1. The van der Waals surface area contributed by atoms with Gasteiger partial charge >= 0.3 is 0 Å².